The molecule has 4 heteroatoms. The molecule has 1 aromatic carbocycles. The molecular formula is C14H22N2O2. The van der Waals surface area contributed by atoms with Crippen LogP contribution in [-0.2, 0) is 0 Å². The Bertz CT molecular complexity index is 426. The van der Waals surface area contributed by atoms with Gasteiger partial charge < -0.3 is 14.5 Å². The summed E-state index contributed by atoms with van der Waals surface area (Å²) in [6.45, 7) is 4.25. The lowest BCUT2D eigenvalue weighted by molar-refractivity contribution is 0.172. The van der Waals surface area contributed by atoms with Crippen molar-refractivity contribution in [3.05, 3.63) is 23.8 Å². The summed E-state index contributed by atoms with van der Waals surface area (Å²) in [4.78, 5) is 15.0. The molecule has 0 aliphatic heterocycles. The Morgan fingerprint density at radius 3 is 2.22 bits per heavy atom. The minimum absolute atomic E-state index is 0.359. The summed E-state index contributed by atoms with van der Waals surface area (Å²) in [5.74, 6) is 0.961. The molecule has 0 N–H and O–H groups in total. The molecule has 0 spiro atoms. The van der Waals surface area contributed by atoms with Crippen molar-refractivity contribution in [1.82, 2.24) is 4.90 Å². The van der Waals surface area contributed by atoms with Crippen molar-refractivity contribution < 1.29 is 9.53 Å². The lowest BCUT2D eigenvalue weighted by atomic mass is 10.0. The zero-order valence-electron chi connectivity index (χ0n) is 12.0. The summed E-state index contributed by atoms with van der Waals surface area (Å²) >= 11 is 0. The topological polar surface area (TPSA) is 32.8 Å². The molecule has 0 radical (unpaired) electrons. The van der Waals surface area contributed by atoms with Crippen LogP contribution in [-0.4, -0.2) is 39.2 Å². The summed E-state index contributed by atoms with van der Waals surface area (Å²) in [7, 11) is 7.35. The van der Waals surface area contributed by atoms with E-state index in [0.717, 1.165) is 5.69 Å². The van der Waals surface area contributed by atoms with Gasteiger partial charge in [0.25, 0.3) is 0 Å². The van der Waals surface area contributed by atoms with Gasteiger partial charge in [0.1, 0.15) is 5.75 Å². The molecule has 0 heterocycles. The number of carbonyl (C=O) groups excluding carboxylic acids is 1. The van der Waals surface area contributed by atoms with E-state index in [2.05, 4.69) is 18.7 Å². The highest BCUT2D eigenvalue weighted by molar-refractivity contribution is 5.70. The van der Waals surface area contributed by atoms with E-state index in [-0.39, 0.29) is 6.09 Å². The number of amides is 1. The van der Waals surface area contributed by atoms with Gasteiger partial charge in [-0.15, -0.1) is 0 Å². The normalized spacial score (nSPS) is 10.4. The number of nitrogens with zero attached hydrogens (tertiary/aromatic N) is 2. The van der Waals surface area contributed by atoms with Crippen molar-refractivity contribution in [2.75, 3.05) is 33.1 Å². The van der Waals surface area contributed by atoms with Crippen molar-refractivity contribution in [3.8, 4) is 5.75 Å². The van der Waals surface area contributed by atoms with Gasteiger partial charge in [-0.25, -0.2) is 4.79 Å². The fourth-order valence-corrected chi connectivity index (χ4v) is 1.66. The average molecular weight is 250 g/mol. The highest BCUT2D eigenvalue weighted by atomic mass is 16.6. The largest absolute Gasteiger partial charge is 0.414 e. The van der Waals surface area contributed by atoms with Gasteiger partial charge in [-0.05, 0) is 29.7 Å². The molecule has 0 aliphatic carbocycles. The van der Waals surface area contributed by atoms with Gasteiger partial charge in [0.2, 0.25) is 0 Å². The third-order valence-electron chi connectivity index (χ3n) is 2.67. The van der Waals surface area contributed by atoms with E-state index in [1.807, 2.05) is 32.3 Å². The van der Waals surface area contributed by atoms with Gasteiger partial charge in [0, 0.05) is 33.9 Å². The summed E-state index contributed by atoms with van der Waals surface area (Å²) in [6.07, 6.45) is -0.359. The minimum atomic E-state index is -0.359. The smallest absolute Gasteiger partial charge is 0.410 e. The SMILES string of the molecule is CC(C)c1cc(OC(=O)N(C)C)ccc1N(C)C. The number of anilines is 1. The number of benzene rings is 1. The van der Waals surface area contributed by atoms with Crippen molar-refractivity contribution in [1.29, 1.82) is 0 Å². The van der Waals surface area contributed by atoms with Gasteiger partial charge in [0.05, 0.1) is 0 Å². The van der Waals surface area contributed by atoms with Crippen LogP contribution in [0.1, 0.15) is 25.3 Å². The van der Waals surface area contributed by atoms with E-state index in [1.165, 1.54) is 10.5 Å². The molecule has 0 aromatic heterocycles. The second-order valence-electron chi connectivity index (χ2n) is 5.03. The Labute approximate surface area is 109 Å². The van der Waals surface area contributed by atoms with E-state index >= 15 is 0 Å². The fourth-order valence-electron chi connectivity index (χ4n) is 1.66. The molecule has 18 heavy (non-hydrogen) atoms. The van der Waals surface area contributed by atoms with E-state index in [1.54, 1.807) is 14.1 Å². The number of rotatable bonds is 3. The Morgan fingerprint density at radius 1 is 1.17 bits per heavy atom. The lowest BCUT2D eigenvalue weighted by Crippen LogP contribution is -2.25. The quantitative estimate of drug-likeness (QED) is 0.827. The zero-order chi connectivity index (χ0) is 13.9. The Balaban J connectivity index is 3.04. The molecule has 1 amide bonds. The Morgan fingerprint density at radius 2 is 1.78 bits per heavy atom. The predicted octanol–water partition coefficient (Wildman–Crippen LogP) is 2.94. The van der Waals surface area contributed by atoms with Crippen LogP contribution >= 0.6 is 0 Å². The standard InChI is InChI=1S/C14H22N2O2/c1-10(2)12-9-11(18-14(17)16(5)6)7-8-13(12)15(3)4/h7-10H,1-6H3. The number of ether oxygens (including phenoxy) is 1. The molecule has 1 aromatic rings. The summed E-state index contributed by atoms with van der Waals surface area (Å²) in [6, 6.07) is 5.73. The molecule has 0 unspecified atom stereocenters. The number of hydrogen-bond donors (Lipinski definition) is 0. The second kappa shape index (κ2) is 5.76. The van der Waals surface area contributed by atoms with E-state index in [0.29, 0.717) is 11.7 Å². The summed E-state index contributed by atoms with van der Waals surface area (Å²) in [5, 5.41) is 0. The van der Waals surface area contributed by atoms with Crippen molar-refractivity contribution in [2.24, 2.45) is 0 Å². The molecule has 4 nitrogen and oxygen atoms in total. The molecule has 0 aliphatic rings. The van der Waals surface area contributed by atoms with Crippen molar-refractivity contribution >= 4 is 11.8 Å². The van der Waals surface area contributed by atoms with Crippen LogP contribution in [0.5, 0.6) is 5.75 Å². The summed E-state index contributed by atoms with van der Waals surface area (Å²) in [5.41, 5.74) is 2.32. The van der Waals surface area contributed by atoms with Gasteiger partial charge in [-0.1, -0.05) is 13.8 Å². The minimum Gasteiger partial charge on any atom is -0.410 e. The first-order chi connectivity index (χ1) is 8.32. The first kappa shape index (κ1) is 14.4. The molecule has 0 fully saturated rings. The van der Waals surface area contributed by atoms with Crippen LogP contribution in [0.3, 0.4) is 0 Å². The maximum absolute atomic E-state index is 11.5. The number of carbonyl (C=O) groups is 1. The van der Waals surface area contributed by atoms with Crippen LogP contribution in [0.15, 0.2) is 18.2 Å². The molecule has 0 saturated carbocycles. The average Bonchev–Trinajstić information content (AvgIpc) is 2.28. The first-order valence-electron chi connectivity index (χ1n) is 6.03. The molecule has 100 valence electrons. The molecule has 0 bridgehead atoms. The molecule has 0 atom stereocenters. The fraction of sp³-hybridized carbons (Fsp3) is 0.500. The summed E-state index contributed by atoms with van der Waals surface area (Å²) < 4.78 is 5.27. The second-order valence-corrected chi connectivity index (χ2v) is 5.03. The first-order valence-corrected chi connectivity index (χ1v) is 6.03. The van der Waals surface area contributed by atoms with Crippen molar-refractivity contribution in [3.63, 3.8) is 0 Å². The van der Waals surface area contributed by atoms with Crippen LogP contribution in [0.25, 0.3) is 0 Å². The van der Waals surface area contributed by atoms with Gasteiger partial charge in [-0.3, -0.25) is 0 Å². The monoisotopic (exact) mass is 250 g/mol. The van der Waals surface area contributed by atoms with Crippen LogP contribution in [0.4, 0.5) is 10.5 Å². The molecular weight excluding hydrogens is 228 g/mol. The van der Waals surface area contributed by atoms with E-state index in [9.17, 15) is 4.79 Å². The molecule has 1 rings (SSSR count). The highest BCUT2D eigenvalue weighted by Gasteiger charge is 2.12. The third kappa shape index (κ3) is 3.39. The third-order valence-corrected chi connectivity index (χ3v) is 2.67. The van der Waals surface area contributed by atoms with Gasteiger partial charge in [0.15, 0.2) is 0 Å². The van der Waals surface area contributed by atoms with Crippen LogP contribution < -0.4 is 9.64 Å². The molecule has 0 saturated heterocycles. The highest BCUT2D eigenvalue weighted by Crippen LogP contribution is 2.30. The van der Waals surface area contributed by atoms with Gasteiger partial charge >= 0.3 is 6.09 Å². The predicted molar refractivity (Wildman–Crippen MR) is 74.6 cm³/mol. The van der Waals surface area contributed by atoms with Crippen LogP contribution in [0, 0.1) is 0 Å². The maximum Gasteiger partial charge on any atom is 0.414 e. The Hall–Kier alpha value is -1.71. The van der Waals surface area contributed by atoms with Gasteiger partial charge in [-0.2, -0.15) is 0 Å². The van der Waals surface area contributed by atoms with E-state index in [4.69, 9.17) is 4.74 Å². The Kier molecular flexibility index (Phi) is 4.59. The van der Waals surface area contributed by atoms with E-state index < -0.39 is 0 Å². The van der Waals surface area contributed by atoms with Crippen molar-refractivity contribution in [2.45, 2.75) is 19.8 Å². The number of hydrogen-bond acceptors (Lipinski definition) is 3. The zero-order valence-corrected chi connectivity index (χ0v) is 12.0. The lowest BCUT2D eigenvalue weighted by Gasteiger charge is -2.21. The maximum atomic E-state index is 11.5. The van der Waals surface area contributed by atoms with Crippen LogP contribution in [0.2, 0.25) is 0 Å².